The van der Waals surface area contributed by atoms with Crippen molar-refractivity contribution in [3.8, 4) is 0 Å². The number of carbonyl (C=O) groups excluding carboxylic acids is 1. The fourth-order valence-corrected chi connectivity index (χ4v) is 5.16. The second kappa shape index (κ2) is 10.3. The van der Waals surface area contributed by atoms with Gasteiger partial charge >= 0.3 is 0 Å². The van der Waals surface area contributed by atoms with Crippen LogP contribution in [0.2, 0.25) is 10.0 Å². The molecule has 0 fully saturated rings. The Morgan fingerprint density at radius 1 is 0.839 bits per heavy atom. The predicted molar refractivity (Wildman–Crippen MR) is 123 cm³/mol. The van der Waals surface area contributed by atoms with Gasteiger partial charge < -0.3 is 4.90 Å². The molecule has 8 heteroatoms. The molecule has 5 nitrogen and oxygen atoms in total. The monoisotopic (exact) mass is 476 g/mol. The SMILES string of the molecule is CN(Cc1ccccc1)C(=O)CN(Cc1ccccc1)S(=O)(=O)c1cc(Cl)ccc1Cl. The highest BCUT2D eigenvalue weighted by molar-refractivity contribution is 7.89. The van der Waals surface area contributed by atoms with Crippen molar-refractivity contribution in [3.05, 3.63) is 100 Å². The first-order valence-electron chi connectivity index (χ1n) is 9.54. The van der Waals surface area contributed by atoms with Gasteiger partial charge in [0.05, 0.1) is 11.6 Å². The van der Waals surface area contributed by atoms with E-state index in [2.05, 4.69) is 0 Å². The lowest BCUT2D eigenvalue weighted by Crippen LogP contribution is -2.41. The van der Waals surface area contributed by atoms with Gasteiger partial charge in [-0.3, -0.25) is 4.79 Å². The minimum atomic E-state index is -4.08. The Morgan fingerprint density at radius 2 is 1.39 bits per heavy atom. The van der Waals surface area contributed by atoms with Crippen LogP contribution < -0.4 is 0 Å². The third-order valence-corrected chi connectivity index (χ3v) is 7.22. The van der Waals surface area contributed by atoms with Crippen LogP contribution in [0.4, 0.5) is 0 Å². The minimum absolute atomic E-state index is 0.0247. The van der Waals surface area contributed by atoms with E-state index < -0.39 is 10.0 Å². The van der Waals surface area contributed by atoms with Crippen LogP contribution in [0.5, 0.6) is 0 Å². The summed E-state index contributed by atoms with van der Waals surface area (Å²) in [5, 5.41) is 0.294. The van der Waals surface area contributed by atoms with Crippen LogP contribution >= 0.6 is 23.2 Å². The van der Waals surface area contributed by atoms with Crippen LogP contribution in [0, 0.1) is 0 Å². The molecule has 0 atom stereocenters. The van der Waals surface area contributed by atoms with Gasteiger partial charge in [-0.1, -0.05) is 83.9 Å². The van der Waals surface area contributed by atoms with Gasteiger partial charge in [-0.2, -0.15) is 4.31 Å². The molecule has 0 spiro atoms. The Hall–Kier alpha value is -2.38. The molecule has 0 aliphatic carbocycles. The van der Waals surface area contributed by atoms with Gasteiger partial charge in [0.2, 0.25) is 15.9 Å². The molecule has 162 valence electrons. The van der Waals surface area contributed by atoms with Crippen molar-refractivity contribution in [2.24, 2.45) is 0 Å². The molecule has 3 aromatic rings. The van der Waals surface area contributed by atoms with Crippen LogP contribution in [-0.2, 0) is 27.9 Å². The summed E-state index contributed by atoms with van der Waals surface area (Å²) in [5.41, 5.74) is 1.71. The van der Waals surface area contributed by atoms with E-state index in [1.165, 1.54) is 23.1 Å². The van der Waals surface area contributed by atoms with Crippen molar-refractivity contribution in [1.82, 2.24) is 9.21 Å². The molecule has 0 saturated carbocycles. The Balaban J connectivity index is 1.89. The smallest absolute Gasteiger partial charge is 0.245 e. The highest BCUT2D eigenvalue weighted by atomic mass is 35.5. The van der Waals surface area contributed by atoms with Gasteiger partial charge in [-0.05, 0) is 29.3 Å². The van der Waals surface area contributed by atoms with E-state index in [4.69, 9.17) is 23.2 Å². The van der Waals surface area contributed by atoms with Gasteiger partial charge in [0.25, 0.3) is 0 Å². The Bertz CT molecular complexity index is 1140. The number of benzene rings is 3. The first kappa shape index (κ1) is 23.3. The van der Waals surface area contributed by atoms with E-state index in [0.717, 1.165) is 15.4 Å². The molecule has 1 amide bonds. The van der Waals surface area contributed by atoms with E-state index in [9.17, 15) is 13.2 Å². The summed E-state index contributed by atoms with van der Waals surface area (Å²) >= 11 is 12.2. The van der Waals surface area contributed by atoms with Gasteiger partial charge in [-0.15, -0.1) is 0 Å². The van der Waals surface area contributed by atoms with Crippen molar-refractivity contribution in [1.29, 1.82) is 0 Å². The van der Waals surface area contributed by atoms with Crippen LogP contribution in [-0.4, -0.2) is 37.1 Å². The molecule has 0 aliphatic heterocycles. The fraction of sp³-hybridized carbons (Fsp3) is 0.174. The molecule has 0 saturated heterocycles. The number of likely N-dealkylation sites (N-methyl/N-ethyl adjacent to an activating group) is 1. The predicted octanol–water partition coefficient (Wildman–Crippen LogP) is 4.84. The molecule has 0 aliphatic rings. The zero-order chi connectivity index (χ0) is 22.4. The van der Waals surface area contributed by atoms with Crippen LogP contribution in [0.3, 0.4) is 0 Å². The van der Waals surface area contributed by atoms with Crippen LogP contribution in [0.1, 0.15) is 11.1 Å². The Kier molecular flexibility index (Phi) is 7.73. The number of sulfonamides is 1. The third kappa shape index (κ3) is 6.08. The lowest BCUT2D eigenvalue weighted by molar-refractivity contribution is -0.130. The third-order valence-electron chi connectivity index (χ3n) is 4.71. The molecule has 0 bridgehead atoms. The second-order valence-electron chi connectivity index (χ2n) is 7.07. The number of halogens is 2. The number of nitrogens with zero attached hydrogens (tertiary/aromatic N) is 2. The summed E-state index contributed by atoms with van der Waals surface area (Å²) in [5.74, 6) is -0.332. The summed E-state index contributed by atoms with van der Waals surface area (Å²) in [6.07, 6.45) is 0. The standard InChI is InChI=1S/C23H22Cl2N2O3S/c1-26(15-18-8-4-2-5-9-18)23(28)17-27(16-19-10-6-3-7-11-19)31(29,30)22-14-20(24)12-13-21(22)25/h2-14H,15-17H2,1H3. The van der Waals surface area contributed by atoms with E-state index >= 15 is 0 Å². The number of carbonyl (C=O) groups is 1. The maximum atomic E-state index is 13.4. The maximum Gasteiger partial charge on any atom is 0.245 e. The molecule has 0 unspecified atom stereocenters. The van der Waals surface area contributed by atoms with Crippen molar-refractivity contribution >= 4 is 39.1 Å². The zero-order valence-electron chi connectivity index (χ0n) is 16.9. The first-order valence-corrected chi connectivity index (χ1v) is 11.7. The lowest BCUT2D eigenvalue weighted by atomic mass is 10.2. The summed E-state index contributed by atoms with van der Waals surface area (Å²) in [7, 11) is -2.44. The average Bonchev–Trinajstić information content (AvgIpc) is 2.76. The van der Waals surface area contributed by atoms with Crippen molar-refractivity contribution in [3.63, 3.8) is 0 Å². The molecular formula is C23H22Cl2N2O3S. The number of rotatable bonds is 8. The first-order chi connectivity index (χ1) is 14.8. The fourth-order valence-electron chi connectivity index (χ4n) is 3.04. The zero-order valence-corrected chi connectivity index (χ0v) is 19.2. The molecule has 0 heterocycles. The quantitative estimate of drug-likeness (QED) is 0.467. The summed E-state index contributed by atoms with van der Waals surface area (Å²) in [6.45, 7) is 0.0666. The van der Waals surface area contributed by atoms with E-state index in [1.54, 1.807) is 19.2 Å². The van der Waals surface area contributed by atoms with Gasteiger partial charge in [-0.25, -0.2) is 8.42 Å². The normalized spacial score (nSPS) is 11.5. The van der Waals surface area contributed by atoms with Gasteiger partial charge in [0, 0.05) is 25.2 Å². The summed E-state index contributed by atoms with van der Waals surface area (Å²) in [6, 6.07) is 22.8. The van der Waals surface area contributed by atoms with E-state index in [1.807, 2.05) is 48.5 Å². The van der Waals surface area contributed by atoms with E-state index in [0.29, 0.717) is 6.54 Å². The molecule has 3 rings (SSSR count). The highest BCUT2D eigenvalue weighted by Gasteiger charge is 2.30. The van der Waals surface area contributed by atoms with Crippen LogP contribution in [0.15, 0.2) is 83.8 Å². The van der Waals surface area contributed by atoms with Crippen molar-refractivity contribution in [2.75, 3.05) is 13.6 Å². The highest BCUT2D eigenvalue weighted by Crippen LogP contribution is 2.28. The maximum absolute atomic E-state index is 13.4. The number of hydrogen-bond donors (Lipinski definition) is 0. The summed E-state index contributed by atoms with van der Waals surface area (Å²) in [4.78, 5) is 14.3. The van der Waals surface area contributed by atoms with Crippen molar-refractivity contribution < 1.29 is 13.2 Å². The molecule has 3 aromatic carbocycles. The van der Waals surface area contributed by atoms with Crippen LogP contribution in [0.25, 0.3) is 0 Å². The molecule has 0 radical (unpaired) electrons. The minimum Gasteiger partial charge on any atom is -0.340 e. The molecule has 0 aromatic heterocycles. The molecule has 31 heavy (non-hydrogen) atoms. The van der Waals surface area contributed by atoms with Crippen molar-refractivity contribution in [2.45, 2.75) is 18.0 Å². The summed E-state index contributed by atoms with van der Waals surface area (Å²) < 4.78 is 28.0. The van der Waals surface area contributed by atoms with E-state index in [-0.39, 0.29) is 33.9 Å². The van der Waals surface area contributed by atoms with Gasteiger partial charge in [0.15, 0.2) is 0 Å². The van der Waals surface area contributed by atoms with Gasteiger partial charge in [0.1, 0.15) is 4.90 Å². The topological polar surface area (TPSA) is 57.7 Å². The Morgan fingerprint density at radius 3 is 1.97 bits per heavy atom. The largest absolute Gasteiger partial charge is 0.340 e. The molecule has 0 N–H and O–H groups in total. The number of amides is 1. The Labute approximate surface area is 192 Å². The average molecular weight is 477 g/mol. The number of hydrogen-bond acceptors (Lipinski definition) is 3. The lowest BCUT2D eigenvalue weighted by Gasteiger charge is -2.25. The molecular weight excluding hydrogens is 455 g/mol. The second-order valence-corrected chi connectivity index (χ2v) is 9.82.